The zero-order valence-corrected chi connectivity index (χ0v) is 12.1. The summed E-state index contributed by atoms with van der Waals surface area (Å²) in [4.78, 5) is 2.32. The lowest BCUT2D eigenvalue weighted by Crippen LogP contribution is -2.26. The standard InChI is InChI=1S/C14H20BrNO/c1-3-6-16(9-11-4-5-11)13-8-10(2)7-12(15)14(13)17/h7-8,11,17H,3-6,9H2,1-2H3. The van der Waals surface area contributed by atoms with Crippen LogP contribution in [0.1, 0.15) is 31.7 Å². The van der Waals surface area contributed by atoms with Crippen LogP contribution >= 0.6 is 15.9 Å². The molecule has 94 valence electrons. The Morgan fingerprint density at radius 2 is 2.12 bits per heavy atom. The third-order valence-corrected chi connectivity index (χ3v) is 3.80. The van der Waals surface area contributed by atoms with Crippen LogP contribution in [0.25, 0.3) is 0 Å². The van der Waals surface area contributed by atoms with Crippen LogP contribution < -0.4 is 4.90 Å². The molecule has 0 heterocycles. The number of halogens is 1. The molecule has 1 aliphatic rings. The number of aryl methyl sites for hydroxylation is 1. The molecule has 0 aromatic heterocycles. The van der Waals surface area contributed by atoms with Crippen LogP contribution in [-0.2, 0) is 0 Å². The van der Waals surface area contributed by atoms with Crippen molar-refractivity contribution in [3.05, 3.63) is 22.2 Å². The molecule has 0 saturated heterocycles. The van der Waals surface area contributed by atoms with E-state index in [2.05, 4.69) is 40.7 Å². The molecule has 0 amide bonds. The van der Waals surface area contributed by atoms with Gasteiger partial charge in [0.1, 0.15) is 0 Å². The Morgan fingerprint density at radius 3 is 2.71 bits per heavy atom. The van der Waals surface area contributed by atoms with Crippen molar-refractivity contribution in [1.82, 2.24) is 0 Å². The van der Waals surface area contributed by atoms with E-state index in [9.17, 15) is 5.11 Å². The second kappa shape index (κ2) is 5.30. The topological polar surface area (TPSA) is 23.5 Å². The largest absolute Gasteiger partial charge is 0.505 e. The average molecular weight is 298 g/mol. The molecule has 0 radical (unpaired) electrons. The summed E-state index contributed by atoms with van der Waals surface area (Å²) in [5, 5.41) is 10.2. The molecular formula is C14H20BrNO. The summed E-state index contributed by atoms with van der Waals surface area (Å²) in [6.07, 6.45) is 3.79. The molecule has 0 bridgehead atoms. The fourth-order valence-corrected chi connectivity index (χ4v) is 2.71. The van der Waals surface area contributed by atoms with Crippen LogP contribution in [0.2, 0.25) is 0 Å². The van der Waals surface area contributed by atoms with E-state index in [0.29, 0.717) is 5.75 Å². The maximum absolute atomic E-state index is 10.2. The highest BCUT2D eigenvalue weighted by molar-refractivity contribution is 9.10. The maximum Gasteiger partial charge on any atom is 0.153 e. The Bertz CT molecular complexity index is 401. The quantitative estimate of drug-likeness (QED) is 0.885. The van der Waals surface area contributed by atoms with Crippen molar-refractivity contribution >= 4 is 21.6 Å². The van der Waals surface area contributed by atoms with Gasteiger partial charge in [0, 0.05) is 13.1 Å². The molecular weight excluding hydrogens is 278 g/mol. The summed E-state index contributed by atoms with van der Waals surface area (Å²) < 4.78 is 0.796. The third kappa shape index (κ3) is 3.15. The Balaban J connectivity index is 2.26. The molecule has 17 heavy (non-hydrogen) atoms. The van der Waals surface area contributed by atoms with Gasteiger partial charge in [-0.05, 0) is 65.7 Å². The number of aromatic hydroxyl groups is 1. The molecule has 1 aromatic rings. The summed E-state index contributed by atoms with van der Waals surface area (Å²) in [5.41, 5.74) is 2.16. The highest BCUT2D eigenvalue weighted by atomic mass is 79.9. The zero-order chi connectivity index (χ0) is 12.4. The number of phenols is 1. The van der Waals surface area contributed by atoms with Crippen LogP contribution in [0.4, 0.5) is 5.69 Å². The number of hydrogen-bond donors (Lipinski definition) is 1. The highest BCUT2D eigenvalue weighted by Gasteiger charge is 2.25. The molecule has 0 unspecified atom stereocenters. The summed E-state index contributed by atoms with van der Waals surface area (Å²) in [6.45, 7) is 6.34. The van der Waals surface area contributed by atoms with Crippen molar-refractivity contribution in [3.63, 3.8) is 0 Å². The van der Waals surface area contributed by atoms with Gasteiger partial charge in [0.2, 0.25) is 0 Å². The molecule has 1 aliphatic carbocycles. The average Bonchev–Trinajstić information content (AvgIpc) is 3.07. The van der Waals surface area contributed by atoms with Crippen LogP contribution in [0.3, 0.4) is 0 Å². The van der Waals surface area contributed by atoms with E-state index in [1.807, 2.05) is 6.07 Å². The molecule has 2 nitrogen and oxygen atoms in total. The normalized spacial score (nSPS) is 15.0. The predicted octanol–water partition coefficient (Wildman–Crippen LogP) is 4.09. The monoisotopic (exact) mass is 297 g/mol. The van der Waals surface area contributed by atoms with E-state index in [1.54, 1.807) is 0 Å². The molecule has 1 fully saturated rings. The summed E-state index contributed by atoms with van der Waals surface area (Å²) in [6, 6.07) is 4.04. The number of anilines is 1. The van der Waals surface area contributed by atoms with Crippen molar-refractivity contribution < 1.29 is 5.11 Å². The van der Waals surface area contributed by atoms with Crippen LogP contribution in [-0.4, -0.2) is 18.2 Å². The fourth-order valence-electron chi connectivity index (χ4n) is 2.15. The number of nitrogens with zero attached hydrogens (tertiary/aromatic N) is 1. The minimum atomic E-state index is 0.379. The van der Waals surface area contributed by atoms with E-state index < -0.39 is 0 Å². The van der Waals surface area contributed by atoms with E-state index in [1.165, 1.54) is 18.4 Å². The second-order valence-corrected chi connectivity index (χ2v) is 5.86. The Kier molecular flexibility index (Phi) is 3.97. The number of rotatable bonds is 5. The first-order valence-corrected chi connectivity index (χ1v) is 7.15. The minimum absolute atomic E-state index is 0.379. The van der Waals surface area contributed by atoms with Gasteiger partial charge in [0.15, 0.2) is 5.75 Å². The molecule has 0 atom stereocenters. The lowest BCUT2D eigenvalue weighted by atomic mass is 10.1. The van der Waals surface area contributed by atoms with Gasteiger partial charge >= 0.3 is 0 Å². The van der Waals surface area contributed by atoms with Crippen molar-refractivity contribution in [2.24, 2.45) is 5.92 Å². The molecule has 0 aliphatic heterocycles. The van der Waals surface area contributed by atoms with Crippen molar-refractivity contribution in [1.29, 1.82) is 0 Å². The van der Waals surface area contributed by atoms with Crippen molar-refractivity contribution in [2.75, 3.05) is 18.0 Å². The predicted molar refractivity (Wildman–Crippen MR) is 75.8 cm³/mol. The number of hydrogen-bond acceptors (Lipinski definition) is 2. The summed E-state index contributed by atoms with van der Waals surface area (Å²) in [5.74, 6) is 1.21. The Morgan fingerprint density at radius 1 is 1.41 bits per heavy atom. The van der Waals surface area contributed by atoms with Crippen LogP contribution in [0.15, 0.2) is 16.6 Å². The summed E-state index contributed by atoms with van der Waals surface area (Å²) in [7, 11) is 0. The first kappa shape index (κ1) is 12.7. The van der Waals surface area contributed by atoms with Gasteiger partial charge in [0.25, 0.3) is 0 Å². The van der Waals surface area contributed by atoms with Crippen molar-refractivity contribution in [3.8, 4) is 5.75 Å². The van der Waals surface area contributed by atoms with Gasteiger partial charge in [-0.25, -0.2) is 0 Å². The van der Waals surface area contributed by atoms with Gasteiger partial charge in [-0.15, -0.1) is 0 Å². The van der Waals surface area contributed by atoms with Gasteiger partial charge in [0.05, 0.1) is 10.2 Å². The molecule has 2 rings (SSSR count). The molecule has 1 saturated carbocycles. The SMILES string of the molecule is CCCN(CC1CC1)c1cc(C)cc(Br)c1O. The van der Waals surface area contributed by atoms with E-state index in [0.717, 1.165) is 35.6 Å². The first-order chi connectivity index (χ1) is 8.11. The Hall–Kier alpha value is -0.700. The van der Waals surface area contributed by atoms with E-state index >= 15 is 0 Å². The van der Waals surface area contributed by atoms with Gasteiger partial charge in [-0.2, -0.15) is 0 Å². The highest BCUT2D eigenvalue weighted by Crippen LogP contribution is 2.38. The fraction of sp³-hybridized carbons (Fsp3) is 0.571. The number of phenolic OH excluding ortho intramolecular Hbond substituents is 1. The smallest absolute Gasteiger partial charge is 0.153 e. The molecule has 0 spiro atoms. The van der Waals surface area contributed by atoms with E-state index in [4.69, 9.17) is 0 Å². The summed E-state index contributed by atoms with van der Waals surface area (Å²) >= 11 is 3.42. The lowest BCUT2D eigenvalue weighted by molar-refractivity contribution is 0.469. The van der Waals surface area contributed by atoms with Gasteiger partial charge in [-0.3, -0.25) is 0 Å². The molecule has 1 N–H and O–H groups in total. The molecule has 3 heteroatoms. The third-order valence-electron chi connectivity index (χ3n) is 3.20. The van der Waals surface area contributed by atoms with Gasteiger partial charge < -0.3 is 10.0 Å². The maximum atomic E-state index is 10.2. The minimum Gasteiger partial charge on any atom is -0.505 e. The number of benzene rings is 1. The lowest BCUT2D eigenvalue weighted by Gasteiger charge is -2.26. The second-order valence-electron chi connectivity index (χ2n) is 5.00. The van der Waals surface area contributed by atoms with Crippen molar-refractivity contribution in [2.45, 2.75) is 33.1 Å². The zero-order valence-electron chi connectivity index (χ0n) is 10.5. The van der Waals surface area contributed by atoms with E-state index in [-0.39, 0.29) is 0 Å². The van der Waals surface area contributed by atoms with Gasteiger partial charge in [-0.1, -0.05) is 6.92 Å². The Labute approximate surface area is 112 Å². The van der Waals surface area contributed by atoms with Crippen LogP contribution in [0.5, 0.6) is 5.75 Å². The van der Waals surface area contributed by atoms with Crippen LogP contribution in [0, 0.1) is 12.8 Å². The first-order valence-electron chi connectivity index (χ1n) is 6.36. The molecule has 1 aromatic carbocycles.